The van der Waals surface area contributed by atoms with E-state index < -0.39 is 5.82 Å². The van der Waals surface area contributed by atoms with Crippen molar-refractivity contribution in [3.8, 4) is 5.75 Å². The van der Waals surface area contributed by atoms with E-state index in [0.29, 0.717) is 16.9 Å². The molecule has 2 aromatic carbocycles. The summed E-state index contributed by atoms with van der Waals surface area (Å²) in [6, 6.07) is 7.68. The first-order valence-corrected chi connectivity index (χ1v) is 7.36. The molecule has 0 unspecified atom stereocenters. The van der Waals surface area contributed by atoms with Crippen molar-refractivity contribution in [3.05, 3.63) is 61.8 Å². The minimum atomic E-state index is -0.404. The van der Waals surface area contributed by atoms with Crippen molar-refractivity contribution in [1.29, 1.82) is 0 Å². The van der Waals surface area contributed by atoms with Crippen LogP contribution in [0.15, 0.2) is 39.3 Å². The SMILES string of the molecule is COc1cc(C)c(Br)cc1C(=O)c1ccc(F)c(Br)c1. The zero-order chi connectivity index (χ0) is 14.9. The van der Waals surface area contributed by atoms with E-state index in [2.05, 4.69) is 31.9 Å². The smallest absolute Gasteiger partial charge is 0.196 e. The lowest BCUT2D eigenvalue weighted by atomic mass is 10.0. The Morgan fingerprint density at radius 3 is 2.45 bits per heavy atom. The molecule has 0 bridgehead atoms. The van der Waals surface area contributed by atoms with E-state index in [9.17, 15) is 9.18 Å². The van der Waals surface area contributed by atoms with Crippen molar-refractivity contribution in [2.24, 2.45) is 0 Å². The average Bonchev–Trinajstić information content (AvgIpc) is 2.43. The van der Waals surface area contributed by atoms with Gasteiger partial charge in [-0.15, -0.1) is 0 Å². The van der Waals surface area contributed by atoms with Gasteiger partial charge in [-0.3, -0.25) is 4.79 Å². The van der Waals surface area contributed by atoms with Gasteiger partial charge in [-0.05, 0) is 58.7 Å². The number of carbonyl (C=O) groups is 1. The van der Waals surface area contributed by atoms with Crippen LogP contribution in [0.4, 0.5) is 4.39 Å². The molecule has 0 atom stereocenters. The second-order valence-corrected chi connectivity index (χ2v) is 5.97. The molecule has 0 aliphatic rings. The molecule has 0 aliphatic carbocycles. The first-order chi connectivity index (χ1) is 9.43. The van der Waals surface area contributed by atoms with Crippen molar-refractivity contribution in [3.63, 3.8) is 0 Å². The largest absolute Gasteiger partial charge is 0.496 e. The monoisotopic (exact) mass is 400 g/mol. The van der Waals surface area contributed by atoms with Crippen LogP contribution < -0.4 is 4.74 Å². The highest BCUT2D eigenvalue weighted by Gasteiger charge is 2.17. The Labute approximate surface area is 133 Å². The predicted molar refractivity (Wildman–Crippen MR) is 83.0 cm³/mol. The van der Waals surface area contributed by atoms with Crippen molar-refractivity contribution < 1.29 is 13.9 Å². The molecule has 2 nitrogen and oxygen atoms in total. The van der Waals surface area contributed by atoms with Crippen LogP contribution in [0.5, 0.6) is 5.75 Å². The quantitative estimate of drug-likeness (QED) is 0.683. The third-order valence-electron chi connectivity index (χ3n) is 2.91. The van der Waals surface area contributed by atoms with Gasteiger partial charge in [0.25, 0.3) is 0 Å². The summed E-state index contributed by atoms with van der Waals surface area (Å²) in [7, 11) is 1.51. The van der Waals surface area contributed by atoms with E-state index >= 15 is 0 Å². The summed E-state index contributed by atoms with van der Waals surface area (Å²) in [5, 5.41) is 0. The maximum atomic E-state index is 13.2. The first-order valence-electron chi connectivity index (χ1n) is 5.78. The number of rotatable bonds is 3. The van der Waals surface area contributed by atoms with E-state index in [-0.39, 0.29) is 10.3 Å². The summed E-state index contributed by atoms with van der Waals surface area (Å²) >= 11 is 6.48. The molecule has 0 saturated heterocycles. The second kappa shape index (κ2) is 6.06. The lowest BCUT2D eigenvalue weighted by Gasteiger charge is -2.10. The van der Waals surface area contributed by atoms with Gasteiger partial charge in [-0.1, -0.05) is 15.9 Å². The highest BCUT2D eigenvalue weighted by atomic mass is 79.9. The van der Waals surface area contributed by atoms with Crippen molar-refractivity contribution in [2.45, 2.75) is 6.92 Å². The first kappa shape index (κ1) is 15.2. The van der Waals surface area contributed by atoms with Crippen LogP contribution in [0, 0.1) is 12.7 Å². The zero-order valence-corrected chi connectivity index (χ0v) is 14.0. The molecule has 0 saturated carbocycles. The van der Waals surface area contributed by atoms with Crippen molar-refractivity contribution >= 4 is 37.6 Å². The molecule has 0 heterocycles. The number of ether oxygens (including phenoxy) is 1. The fourth-order valence-electron chi connectivity index (χ4n) is 1.79. The fraction of sp³-hybridized carbons (Fsp3) is 0.133. The Hall–Kier alpha value is -1.20. The van der Waals surface area contributed by atoms with Crippen LogP contribution in [0.1, 0.15) is 21.5 Å². The van der Waals surface area contributed by atoms with Crippen LogP contribution in [-0.4, -0.2) is 12.9 Å². The molecule has 104 valence electrons. The van der Waals surface area contributed by atoms with E-state index in [4.69, 9.17) is 4.74 Å². The molecular formula is C15H11Br2FO2. The molecule has 0 fully saturated rings. The van der Waals surface area contributed by atoms with Gasteiger partial charge < -0.3 is 4.74 Å². The summed E-state index contributed by atoms with van der Waals surface area (Å²) in [6.07, 6.45) is 0. The van der Waals surface area contributed by atoms with Gasteiger partial charge >= 0.3 is 0 Å². The highest BCUT2D eigenvalue weighted by Crippen LogP contribution is 2.29. The number of benzene rings is 2. The third kappa shape index (κ3) is 2.94. The van der Waals surface area contributed by atoms with Crippen LogP contribution >= 0.6 is 31.9 Å². The lowest BCUT2D eigenvalue weighted by molar-refractivity contribution is 0.103. The number of aryl methyl sites for hydroxylation is 1. The van der Waals surface area contributed by atoms with E-state index in [0.717, 1.165) is 10.0 Å². The number of carbonyl (C=O) groups excluding carboxylic acids is 1. The zero-order valence-electron chi connectivity index (χ0n) is 10.8. The molecule has 0 N–H and O–H groups in total. The molecule has 0 radical (unpaired) electrons. The van der Waals surface area contributed by atoms with Gasteiger partial charge in [-0.25, -0.2) is 4.39 Å². The maximum absolute atomic E-state index is 13.2. The molecule has 0 spiro atoms. The Balaban J connectivity index is 2.52. The molecule has 2 rings (SSSR count). The summed E-state index contributed by atoms with van der Waals surface area (Å²) in [6.45, 7) is 1.91. The Kier molecular flexibility index (Phi) is 4.60. The van der Waals surface area contributed by atoms with E-state index in [1.54, 1.807) is 12.1 Å². The van der Waals surface area contributed by atoms with Crippen molar-refractivity contribution in [1.82, 2.24) is 0 Å². The molecule has 0 aromatic heterocycles. The van der Waals surface area contributed by atoms with Crippen LogP contribution in [-0.2, 0) is 0 Å². The molecule has 0 amide bonds. The maximum Gasteiger partial charge on any atom is 0.196 e. The van der Waals surface area contributed by atoms with Gasteiger partial charge in [0.1, 0.15) is 11.6 Å². The van der Waals surface area contributed by atoms with Crippen LogP contribution in [0.2, 0.25) is 0 Å². The standard InChI is InChI=1S/C15H11Br2FO2/c1-8-5-14(20-2)10(7-11(8)16)15(19)9-3-4-13(18)12(17)6-9/h3-7H,1-2H3. The number of methoxy groups -OCH3 is 1. The summed E-state index contributed by atoms with van der Waals surface area (Å²) in [5.74, 6) is -0.127. The van der Waals surface area contributed by atoms with E-state index in [1.807, 2.05) is 6.92 Å². The Morgan fingerprint density at radius 1 is 1.15 bits per heavy atom. The summed E-state index contributed by atoms with van der Waals surface area (Å²) in [5.41, 5.74) is 1.80. The predicted octanol–water partition coefficient (Wildman–Crippen LogP) is 4.90. The number of halogens is 3. The van der Waals surface area contributed by atoms with Crippen molar-refractivity contribution in [2.75, 3.05) is 7.11 Å². The minimum absolute atomic E-state index is 0.219. The molecular weight excluding hydrogens is 391 g/mol. The normalized spacial score (nSPS) is 10.4. The van der Waals surface area contributed by atoms with Gasteiger partial charge in [0.05, 0.1) is 17.1 Å². The molecule has 20 heavy (non-hydrogen) atoms. The Bertz CT molecular complexity index is 684. The van der Waals surface area contributed by atoms with Gasteiger partial charge in [-0.2, -0.15) is 0 Å². The fourth-order valence-corrected chi connectivity index (χ4v) is 2.52. The number of hydrogen-bond acceptors (Lipinski definition) is 2. The summed E-state index contributed by atoms with van der Waals surface area (Å²) in [4.78, 5) is 12.5. The average molecular weight is 402 g/mol. The Morgan fingerprint density at radius 2 is 1.85 bits per heavy atom. The topological polar surface area (TPSA) is 26.3 Å². The van der Waals surface area contributed by atoms with Gasteiger partial charge in [0.15, 0.2) is 5.78 Å². The van der Waals surface area contributed by atoms with Crippen LogP contribution in [0.3, 0.4) is 0 Å². The second-order valence-electron chi connectivity index (χ2n) is 4.26. The molecule has 0 aliphatic heterocycles. The number of ketones is 1. The van der Waals surface area contributed by atoms with Gasteiger partial charge in [0, 0.05) is 10.0 Å². The third-order valence-corrected chi connectivity index (χ3v) is 4.37. The van der Waals surface area contributed by atoms with Crippen LogP contribution in [0.25, 0.3) is 0 Å². The van der Waals surface area contributed by atoms with E-state index in [1.165, 1.54) is 25.3 Å². The number of hydrogen-bond donors (Lipinski definition) is 0. The minimum Gasteiger partial charge on any atom is -0.496 e. The highest BCUT2D eigenvalue weighted by molar-refractivity contribution is 9.10. The molecule has 2 aromatic rings. The molecule has 5 heteroatoms. The lowest BCUT2D eigenvalue weighted by Crippen LogP contribution is -2.05. The summed E-state index contributed by atoms with van der Waals surface area (Å²) < 4.78 is 19.6. The van der Waals surface area contributed by atoms with Gasteiger partial charge in [0.2, 0.25) is 0 Å².